The second-order valence-electron chi connectivity index (χ2n) is 5.72. The van der Waals surface area contributed by atoms with E-state index in [-0.39, 0.29) is 18.0 Å². The van der Waals surface area contributed by atoms with Crippen molar-refractivity contribution in [3.05, 3.63) is 71.7 Å². The van der Waals surface area contributed by atoms with Crippen molar-refractivity contribution in [2.45, 2.75) is 18.9 Å². The highest BCUT2D eigenvalue weighted by Gasteiger charge is 2.49. The number of hydrogen-bond acceptors (Lipinski definition) is 3. The lowest BCUT2D eigenvalue weighted by molar-refractivity contribution is -0.125. The maximum Gasteiger partial charge on any atom is 0.329 e. The minimum Gasteiger partial charge on any atom is -0.329 e. The van der Waals surface area contributed by atoms with Gasteiger partial charge in [0, 0.05) is 12.4 Å². The second-order valence-corrected chi connectivity index (χ2v) is 5.72. The minimum atomic E-state index is -0.456. The van der Waals surface area contributed by atoms with Crippen LogP contribution in [0, 0.1) is 0 Å². The fraction of sp³-hybridized carbons (Fsp3) is 0.167. The molecule has 0 spiro atoms. The van der Waals surface area contributed by atoms with Gasteiger partial charge in [0.05, 0.1) is 17.7 Å². The minimum absolute atomic E-state index is 0.191. The third-order valence-electron chi connectivity index (χ3n) is 4.35. The summed E-state index contributed by atoms with van der Waals surface area (Å²) in [4.78, 5) is 30.5. The molecule has 0 aliphatic carbocycles. The standard InChI is InChI=1S/C18H15N3O2/c1-11-16-14(13-7-9-19-10-8-13)15(12-5-3-2-4-6-12)17(22)21(16)18(23)20-11/h2-11,15H,1H3,(H,20,23). The molecule has 1 aromatic carbocycles. The summed E-state index contributed by atoms with van der Waals surface area (Å²) < 4.78 is 0. The zero-order chi connectivity index (χ0) is 16.0. The zero-order valence-electron chi connectivity index (χ0n) is 12.6. The number of fused-ring (bicyclic) bond motifs is 1. The summed E-state index contributed by atoms with van der Waals surface area (Å²) in [5.74, 6) is -0.651. The van der Waals surface area contributed by atoms with Gasteiger partial charge in [0.15, 0.2) is 0 Å². The summed E-state index contributed by atoms with van der Waals surface area (Å²) in [6, 6.07) is 12.8. The van der Waals surface area contributed by atoms with Gasteiger partial charge in [0.1, 0.15) is 0 Å². The number of amides is 3. The third-order valence-corrected chi connectivity index (χ3v) is 4.35. The smallest absolute Gasteiger partial charge is 0.329 e. The quantitative estimate of drug-likeness (QED) is 0.927. The van der Waals surface area contributed by atoms with Gasteiger partial charge in [-0.05, 0) is 35.8 Å². The molecule has 0 radical (unpaired) electrons. The van der Waals surface area contributed by atoms with Crippen LogP contribution in [0.2, 0.25) is 0 Å². The first-order chi connectivity index (χ1) is 11.2. The first-order valence-electron chi connectivity index (χ1n) is 7.52. The fourth-order valence-corrected chi connectivity index (χ4v) is 3.39. The maximum absolute atomic E-state index is 12.9. The van der Waals surface area contributed by atoms with Crippen molar-refractivity contribution < 1.29 is 9.59 Å². The first kappa shape index (κ1) is 13.7. The Bertz CT molecular complexity index is 815. The van der Waals surface area contributed by atoms with Gasteiger partial charge < -0.3 is 5.32 Å². The van der Waals surface area contributed by atoms with Crippen LogP contribution in [0.5, 0.6) is 0 Å². The largest absolute Gasteiger partial charge is 0.329 e. The van der Waals surface area contributed by atoms with Crippen molar-refractivity contribution in [2.75, 3.05) is 0 Å². The number of carbonyl (C=O) groups excluding carboxylic acids is 2. The Hall–Kier alpha value is -2.95. The SMILES string of the molecule is CC1NC(=O)N2C(=O)C(c3ccccc3)C(c3ccncc3)=C12. The van der Waals surface area contributed by atoms with E-state index in [1.165, 1.54) is 4.90 Å². The van der Waals surface area contributed by atoms with E-state index in [0.29, 0.717) is 0 Å². The first-order valence-corrected chi connectivity index (χ1v) is 7.52. The van der Waals surface area contributed by atoms with Gasteiger partial charge >= 0.3 is 6.03 Å². The van der Waals surface area contributed by atoms with Crippen LogP contribution >= 0.6 is 0 Å². The number of nitrogens with zero attached hydrogens (tertiary/aromatic N) is 2. The molecule has 2 aliphatic heterocycles. The maximum atomic E-state index is 12.9. The van der Waals surface area contributed by atoms with E-state index in [9.17, 15) is 9.59 Å². The molecular weight excluding hydrogens is 290 g/mol. The van der Waals surface area contributed by atoms with Crippen LogP contribution in [0.15, 0.2) is 60.6 Å². The Morgan fingerprint density at radius 2 is 1.74 bits per heavy atom. The van der Waals surface area contributed by atoms with Gasteiger partial charge in [-0.2, -0.15) is 0 Å². The molecule has 3 amide bonds. The lowest BCUT2D eigenvalue weighted by Crippen LogP contribution is -2.33. The van der Waals surface area contributed by atoms with Crippen molar-refractivity contribution >= 4 is 17.5 Å². The molecule has 0 bridgehead atoms. The van der Waals surface area contributed by atoms with Gasteiger partial charge in [-0.1, -0.05) is 30.3 Å². The van der Waals surface area contributed by atoms with Crippen molar-refractivity contribution in [2.24, 2.45) is 0 Å². The number of rotatable bonds is 2. The van der Waals surface area contributed by atoms with Crippen molar-refractivity contribution in [1.82, 2.24) is 15.2 Å². The molecular formula is C18H15N3O2. The second kappa shape index (κ2) is 5.05. The summed E-state index contributed by atoms with van der Waals surface area (Å²) in [5.41, 5.74) is 3.45. The number of aromatic nitrogens is 1. The number of imide groups is 1. The number of benzene rings is 1. The predicted octanol–water partition coefficient (Wildman–Crippen LogP) is 2.53. The number of nitrogens with one attached hydrogen (secondary N) is 1. The summed E-state index contributed by atoms with van der Waals surface area (Å²) in [6.07, 6.45) is 3.40. The Labute approximate surface area is 133 Å². The van der Waals surface area contributed by atoms with Gasteiger partial charge in [-0.3, -0.25) is 9.78 Å². The molecule has 1 aromatic heterocycles. The lowest BCUT2D eigenvalue weighted by Gasteiger charge is -2.16. The lowest BCUT2D eigenvalue weighted by atomic mass is 9.87. The van der Waals surface area contributed by atoms with E-state index in [1.54, 1.807) is 12.4 Å². The number of pyridine rings is 1. The Kier molecular flexibility index (Phi) is 3.01. The molecule has 4 rings (SSSR count). The predicted molar refractivity (Wildman–Crippen MR) is 85.2 cm³/mol. The van der Waals surface area contributed by atoms with E-state index >= 15 is 0 Å². The molecule has 2 unspecified atom stereocenters. The average molecular weight is 305 g/mol. The van der Waals surface area contributed by atoms with Crippen LogP contribution in [0.4, 0.5) is 4.79 Å². The monoisotopic (exact) mass is 305 g/mol. The van der Waals surface area contributed by atoms with Gasteiger partial charge in [-0.15, -0.1) is 0 Å². The molecule has 114 valence electrons. The normalized spacial score (nSPS) is 23.3. The van der Waals surface area contributed by atoms with E-state index in [2.05, 4.69) is 10.3 Å². The molecule has 3 heterocycles. The van der Waals surface area contributed by atoms with Crippen LogP contribution in [0.25, 0.3) is 5.57 Å². The summed E-state index contributed by atoms with van der Waals surface area (Å²) in [5, 5.41) is 2.81. The van der Waals surface area contributed by atoms with E-state index < -0.39 is 5.92 Å². The topological polar surface area (TPSA) is 62.3 Å². The highest BCUT2D eigenvalue weighted by atomic mass is 16.2. The summed E-state index contributed by atoms with van der Waals surface area (Å²) in [7, 11) is 0. The highest BCUT2D eigenvalue weighted by Crippen LogP contribution is 2.45. The number of hydrogen-bond donors (Lipinski definition) is 1. The van der Waals surface area contributed by atoms with Crippen LogP contribution in [-0.2, 0) is 4.79 Å². The molecule has 2 aliphatic rings. The number of carbonyl (C=O) groups is 2. The molecule has 1 saturated heterocycles. The van der Waals surface area contributed by atoms with Gasteiger partial charge in [0.2, 0.25) is 5.91 Å². The number of urea groups is 1. The summed E-state index contributed by atoms with van der Waals surface area (Å²) in [6.45, 7) is 1.90. The fourth-order valence-electron chi connectivity index (χ4n) is 3.39. The van der Waals surface area contributed by atoms with Crippen LogP contribution < -0.4 is 5.32 Å². The molecule has 5 heteroatoms. The summed E-state index contributed by atoms with van der Waals surface area (Å²) >= 11 is 0. The third kappa shape index (κ3) is 1.97. The zero-order valence-corrected chi connectivity index (χ0v) is 12.6. The molecule has 23 heavy (non-hydrogen) atoms. The van der Waals surface area contributed by atoms with E-state index in [4.69, 9.17) is 0 Å². The Morgan fingerprint density at radius 3 is 2.43 bits per heavy atom. The van der Waals surface area contributed by atoms with E-state index in [0.717, 1.165) is 22.4 Å². The molecule has 0 saturated carbocycles. The Morgan fingerprint density at radius 1 is 1.04 bits per heavy atom. The molecule has 5 nitrogen and oxygen atoms in total. The van der Waals surface area contributed by atoms with Crippen molar-refractivity contribution in [3.8, 4) is 0 Å². The highest BCUT2D eigenvalue weighted by molar-refractivity contribution is 6.13. The molecule has 2 atom stereocenters. The van der Waals surface area contributed by atoms with E-state index in [1.807, 2.05) is 49.4 Å². The molecule has 2 aromatic rings. The van der Waals surface area contributed by atoms with Crippen molar-refractivity contribution in [3.63, 3.8) is 0 Å². The molecule has 1 fully saturated rings. The van der Waals surface area contributed by atoms with Gasteiger partial charge in [0.25, 0.3) is 0 Å². The van der Waals surface area contributed by atoms with Crippen LogP contribution in [-0.4, -0.2) is 27.9 Å². The van der Waals surface area contributed by atoms with Crippen LogP contribution in [0.1, 0.15) is 24.0 Å². The van der Waals surface area contributed by atoms with Crippen LogP contribution in [0.3, 0.4) is 0 Å². The van der Waals surface area contributed by atoms with Gasteiger partial charge in [-0.25, -0.2) is 9.69 Å². The van der Waals surface area contributed by atoms with Crippen molar-refractivity contribution in [1.29, 1.82) is 0 Å². The molecule has 1 N–H and O–H groups in total. The average Bonchev–Trinajstić information content (AvgIpc) is 3.05. The Balaban J connectivity index is 1.96.